The molecule has 0 aromatic heterocycles. The van der Waals surface area contributed by atoms with Crippen molar-refractivity contribution < 1.29 is 9.84 Å². The van der Waals surface area contributed by atoms with E-state index in [-0.39, 0.29) is 18.2 Å². The number of ether oxygens (including phenoxy) is 1. The minimum absolute atomic E-state index is 0.0840. The van der Waals surface area contributed by atoms with E-state index in [4.69, 9.17) is 27.2 Å². The molecule has 0 saturated heterocycles. The van der Waals surface area contributed by atoms with Crippen LogP contribution < -0.4 is 10.5 Å². The molecule has 0 aliphatic carbocycles. The molecule has 1 heterocycles. The van der Waals surface area contributed by atoms with Crippen LogP contribution in [0.2, 0.25) is 5.02 Å². The molecule has 2 rings (SSSR count). The van der Waals surface area contributed by atoms with Gasteiger partial charge in [-0.3, -0.25) is 0 Å². The van der Waals surface area contributed by atoms with Gasteiger partial charge in [0.2, 0.25) is 0 Å². The van der Waals surface area contributed by atoms with Crippen molar-refractivity contribution >= 4 is 11.6 Å². The van der Waals surface area contributed by atoms with Crippen molar-refractivity contribution in [2.75, 3.05) is 6.61 Å². The Morgan fingerprint density at radius 3 is 2.88 bits per heavy atom. The molecule has 3 N–H and O–H groups in total. The fraction of sp³-hybridized carbons (Fsp3) is 0.500. The topological polar surface area (TPSA) is 55.5 Å². The molecule has 0 bridgehead atoms. The number of nitrogens with two attached hydrogens (primary N) is 1. The normalized spacial score (nSPS) is 19.1. The Balaban J connectivity index is 2.42. The van der Waals surface area contributed by atoms with Crippen molar-refractivity contribution in [3.05, 3.63) is 28.3 Å². The quantitative estimate of drug-likeness (QED) is 0.833. The fourth-order valence-corrected chi connectivity index (χ4v) is 2.30. The van der Waals surface area contributed by atoms with E-state index in [2.05, 4.69) is 0 Å². The van der Waals surface area contributed by atoms with Gasteiger partial charge in [-0.25, -0.2) is 0 Å². The van der Waals surface area contributed by atoms with Crippen LogP contribution >= 0.6 is 11.6 Å². The summed E-state index contributed by atoms with van der Waals surface area (Å²) < 4.78 is 5.76. The standard InChI is InChI=1S/C12H16ClNO2/c1-12(2)5-8-3-7(10(14)6-15)4-9(13)11(8)16-12/h3-4,10,15H,5-6,14H2,1-2H3. The van der Waals surface area contributed by atoms with Crippen LogP contribution in [-0.4, -0.2) is 17.3 Å². The molecule has 1 atom stereocenters. The molecule has 0 saturated carbocycles. The fourth-order valence-electron chi connectivity index (χ4n) is 2.01. The third kappa shape index (κ3) is 2.03. The Morgan fingerprint density at radius 2 is 2.25 bits per heavy atom. The van der Waals surface area contributed by atoms with E-state index in [0.717, 1.165) is 23.3 Å². The third-order valence-electron chi connectivity index (χ3n) is 2.76. The maximum absolute atomic E-state index is 9.03. The van der Waals surface area contributed by atoms with Gasteiger partial charge in [-0.15, -0.1) is 0 Å². The lowest BCUT2D eigenvalue weighted by Crippen LogP contribution is -2.24. The van der Waals surface area contributed by atoms with Crippen molar-refractivity contribution in [1.82, 2.24) is 0 Å². The van der Waals surface area contributed by atoms with Crippen LogP contribution in [0, 0.1) is 0 Å². The Bertz CT molecular complexity index is 418. The highest BCUT2D eigenvalue weighted by molar-refractivity contribution is 6.32. The highest BCUT2D eigenvalue weighted by atomic mass is 35.5. The van der Waals surface area contributed by atoms with Gasteiger partial charge in [0.05, 0.1) is 17.7 Å². The van der Waals surface area contributed by atoms with Crippen LogP contribution in [0.4, 0.5) is 0 Å². The summed E-state index contributed by atoms with van der Waals surface area (Å²) in [7, 11) is 0. The van der Waals surface area contributed by atoms with Crippen LogP contribution in [0.3, 0.4) is 0 Å². The second-order valence-corrected chi connectivity index (χ2v) is 5.23. The lowest BCUT2D eigenvalue weighted by molar-refractivity contribution is 0.138. The van der Waals surface area contributed by atoms with Crippen molar-refractivity contribution in [2.45, 2.75) is 31.9 Å². The third-order valence-corrected chi connectivity index (χ3v) is 3.04. The summed E-state index contributed by atoms with van der Waals surface area (Å²) in [6, 6.07) is 3.35. The number of hydrogen-bond donors (Lipinski definition) is 2. The van der Waals surface area contributed by atoms with E-state index in [1.807, 2.05) is 19.9 Å². The number of fused-ring (bicyclic) bond motifs is 1. The smallest absolute Gasteiger partial charge is 0.142 e. The molecule has 1 unspecified atom stereocenters. The molecule has 1 aliphatic rings. The summed E-state index contributed by atoms with van der Waals surface area (Å²) in [6.07, 6.45) is 0.814. The van der Waals surface area contributed by atoms with Crippen LogP contribution in [0.1, 0.15) is 31.0 Å². The van der Waals surface area contributed by atoms with E-state index in [1.54, 1.807) is 6.07 Å². The van der Waals surface area contributed by atoms with Crippen molar-refractivity contribution in [3.8, 4) is 5.75 Å². The zero-order valence-electron chi connectivity index (χ0n) is 9.46. The van der Waals surface area contributed by atoms with E-state index in [0.29, 0.717) is 5.02 Å². The second kappa shape index (κ2) is 3.91. The first kappa shape index (κ1) is 11.7. The molecule has 1 aromatic rings. The number of aliphatic hydroxyl groups is 1. The molecule has 1 aromatic carbocycles. The van der Waals surface area contributed by atoms with Gasteiger partial charge in [0.15, 0.2) is 0 Å². The maximum Gasteiger partial charge on any atom is 0.142 e. The first-order valence-electron chi connectivity index (χ1n) is 5.31. The highest BCUT2D eigenvalue weighted by Crippen LogP contribution is 2.41. The van der Waals surface area contributed by atoms with E-state index in [9.17, 15) is 0 Å². The van der Waals surface area contributed by atoms with E-state index in [1.165, 1.54) is 0 Å². The first-order valence-corrected chi connectivity index (χ1v) is 5.68. The summed E-state index contributed by atoms with van der Waals surface area (Å²) in [5.41, 5.74) is 7.48. The molecule has 4 heteroatoms. The van der Waals surface area contributed by atoms with Gasteiger partial charge in [0, 0.05) is 6.42 Å². The average molecular weight is 242 g/mol. The minimum atomic E-state index is -0.383. The van der Waals surface area contributed by atoms with Crippen molar-refractivity contribution in [3.63, 3.8) is 0 Å². The molecular weight excluding hydrogens is 226 g/mol. The zero-order chi connectivity index (χ0) is 11.9. The lowest BCUT2D eigenvalue weighted by atomic mass is 9.98. The van der Waals surface area contributed by atoms with Gasteiger partial charge in [0.25, 0.3) is 0 Å². The summed E-state index contributed by atoms with van der Waals surface area (Å²) >= 11 is 6.14. The first-order chi connectivity index (χ1) is 7.43. The molecule has 0 spiro atoms. The van der Waals surface area contributed by atoms with Crippen LogP contribution in [0.15, 0.2) is 12.1 Å². The largest absolute Gasteiger partial charge is 0.486 e. The molecule has 16 heavy (non-hydrogen) atoms. The Hall–Kier alpha value is -0.770. The van der Waals surface area contributed by atoms with E-state index < -0.39 is 0 Å². The van der Waals surface area contributed by atoms with E-state index >= 15 is 0 Å². The SMILES string of the molecule is CC1(C)Cc2cc(C(N)CO)cc(Cl)c2O1. The summed E-state index contributed by atoms with van der Waals surface area (Å²) in [5, 5.41) is 9.60. The number of hydrogen-bond acceptors (Lipinski definition) is 3. The molecular formula is C12H16ClNO2. The zero-order valence-corrected chi connectivity index (χ0v) is 10.2. The van der Waals surface area contributed by atoms with Gasteiger partial charge >= 0.3 is 0 Å². The summed E-state index contributed by atoms with van der Waals surface area (Å²) in [4.78, 5) is 0. The van der Waals surface area contributed by atoms with Crippen molar-refractivity contribution in [2.24, 2.45) is 5.73 Å². The predicted octanol–water partition coefficient (Wildman–Crippen LogP) is 2.05. The number of rotatable bonds is 2. The molecule has 0 fully saturated rings. The van der Waals surface area contributed by atoms with Crippen molar-refractivity contribution in [1.29, 1.82) is 0 Å². The molecule has 1 aliphatic heterocycles. The van der Waals surface area contributed by atoms with Crippen LogP contribution in [0.25, 0.3) is 0 Å². The van der Waals surface area contributed by atoms with Gasteiger partial charge < -0.3 is 15.6 Å². The molecule has 0 radical (unpaired) electrons. The summed E-state index contributed by atoms with van der Waals surface area (Å²) in [5.74, 6) is 0.751. The van der Waals surface area contributed by atoms with Gasteiger partial charge in [-0.05, 0) is 31.0 Å². The predicted molar refractivity (Wildman–Crippen MR) is 63.9 cm³/mol. The number of halogens is 1. The highest BCUT2D eigenvalue weighted by Gasteiger charge is 2.32. The Labute approximate surface area is 100 Å². The Morgan fingerprint density at radius 1 is 1.56 bits per heavy atom. The summed E-state index contributed by atoms with van der Waals surface area (Å²) in [6.45, 7) is 3.96. The minimum Gasteiger partial charge on any atom is -0.486 e. The average Bonchev–Trinajstić information content (AvgIpc) is 2.52. The van der Waals surface area contributed by atoms with Crippen LogP contribution in [0.5, 0.6) is 5.75 Å². The van der Waals surface area contributed by atoms with Gasteiger partial charge in [0.1, 0.15) is 11.4 Å². The maximum atomic E-state index is 9.03. The van der Waals surface area contributed by atoms with Crippen LogP contribution in [-0.2, 0) is 6.42 Å². The monoisotopic (exact) mass is 241 g/mol. The number of aliphatic hydroxyl groups excluding tert-OH is 1. The molecule has 88 valence electrons. The molecule has 3 nitrogen and oxygen atoms in total. The lowest BCUT2D eigenvalue weighted by Gasteiger charge is -2.17. The van der Waals surface area contributed by atoms with Gasteiger partial charge in [-0.1, -0.05) is 17.7 Å². The second-order valence-electron chi connectivity index (χ2n) is 4.82. The number of benzene rings is 1. The Kier molecular flexibility index (Phi) is 2.86. The molecule has 0 amide bonds. The van der Waals surface area contributed by atoms with Gasteiger partial charge in [-0.2, -0.15) is 0 Å².